The SMILES string of the molecule is O=C(O)C(O)O.[AlH3]. The molecule has 4 nitrogen and oxygen atoms in total. The quantitative estimate of drug-likeness (QED) is 0.259. The van der Waals surface area contributed by atoms with E-state index in [0.29, 0.717) is 0 Å². The predicted molar refractivity (Wildman–Crippen MR) is 25.8 cm³/mol. The number of hydrogen-bond donors (Lipinski definition) is 3. The molecule has 0 heterocycles. The number of carboxylic acid groups (broad SMARTS) is 1. The van der Waals surface area contributed by atoms with Crippen molar-refractivity contribution in [2.75, 3.05) is 0 Å². The van der Waals surface area contributed by atoms with E-state index in [0.717, 1.165) is 0 Å². The lowest BCUT2D eigenvalue weighted by Crippen LogP contribution is -2.17. The second-order valence-electron chi connectivity index (χ2n) is 0.712. The van der Waals surface area contributed by atoms with Gasteiger partial charge in [-0.15, -0.1) is 0 Å². The van der Waals surface area contributed by atoms with Gasteiger partial charge in [0.1, 0.15) is 0 Å². The molecule has 0 aliphatic carbocycles. The van der Waals surface area contributed by atoms with E-state index < -0.39 is 12.3 Å². The lowest BCUT2D eigenvalue weighted by Gasteiger charge is -1.88. The van der Waals surface area contributed by atoms with E-state index in [1.54, 1.807) is 0 Å². The third kappa shape index (κ3) is 5.92. The van der Waals surface area contributed by atoms with Crippen LogP contribution in [0.25, 0.3) is 0 Å². The van der Waals surface area contributed by atoms with Gasteiger partial charge in [0.15, 0.2) is 17.4 Å². The first-order valence-electron chi connectivity index (χ1n) is 1.23. The van der Waals surface area contributed by atoms with Gasteiger partial charge in [0, 0.05) is 0 Å². The van der Waals surface area contributed by atoms with Crippen LogP contribution in [0.3, 0.4) is 0 Å². The summed E-state index contributed by atoms with van der Waals surface area (Å²) in [4.78, 5) is 9.20. The van der Waals surface area contributed by atoms with Crippen LogP contribution in [0.2, 0.25) is 0 Å². The lowest BCUT2D eigenvalue weighted by atomic mass is 10.7. The Bertz CT molecular complexity index is 60.7. The van der Waals surface area contributed by atoms with Gasteiger partial charge in [0.2, 0.25) is 0 Å². The molecule has 0 aromatic heterocycles. The number of hydrogen-bond acceptors (Lipinski definition) is 3. The number of rotatable bonds is 1. The number of aliphatic hydroxyl groups is 2. The Morgan fingerprint density at radius 3 is 1.57 bits per heavy atom. The molecule has 0 radical (unpaired) electrons. The van der Waals surface area contributed by atoms with Crippen molar-refractivity contribution in [1.82, 2.24) is 0 Å². The molecule has 0 bridgehead atoms. The van der Waals surface area contributed by atoms with Crippen LogP contribution in [0, 0.1) is 0 Å². The zero-order chi connectivity index (χ0) is 5.15. The highest BCUT2D eigenvalue weighted by Gasteiger charge is 2.04. The molecule has 7 heavy (non-hydrogen) atoms. The number of carboxylic acids is 1. The smallest absolute Gasteiger partial charge is 0.360 e. The summed E-state index contributed by atoms with van der Waals surface area (Å²) < 4.78 is 0. The highest BCUT2D eigenvalue weighted by Crippen LogP contribution is 1.67. The zero-order valence-corrected chi connectivity index (χ0v) is 2.83. The fourth-order valence-electron chi connectivity index (χ4n) is 0. The maximum absolute atomic E-state index is 9.20. The average Bonchev–Trinajstić information content (AvgIpc) is 1.36. The van der Waals surface area contributed by atoms with Crippen LogP contribution in [0.5, 0.6) is 0 Å². The van der Waals surface area contributed by atoms with E-state index in [2.05, 4.69) is 0 Å². The minimum Gasteiger partial charge on any atom is -0.477 e. The molecule has 0 saturated heterocycles. The number of aliphatic carboxylic acids is 1. The normalized spacial score (nSPS) is 7.86. The molecule has 0 aliphatic rings. The van der Waals surface area contributed by atoms with Crippen LogP contribution < -0.4 is 0 Å². The van der Waals surface area contributed by atoms with E-state index >= 15 is 0 Å². The van der Waals surface area contributed by atoms with Crippen LogP contribution in [0.1, 0.15) is 0 Å². The van der Waals surface area contributed by atoms with Gasteiger partial charge in [-0.2, -0.15) is 0 Å². The molecule has 0 amide bonds. The fourth-order valence-corrected chi connectivity index (χ4v) is 0. The van der Waals surface area contributed by atoms with Crippen LogP contribution in [0.15, 0.2) is 0 Å². The van der Waals surface area contributed by atoms with E-state index in [9.17, 15) is 4.79 Å². The molecule has 0 aromatic rings. The van der Waals surface area contributed by atoms with Crippen molar-refractivity contribution in [1.29, 1.82) is 0 Å². The van der Waals surface area contributed by atoms with Crippen molar-refractivity contribution in [2.45, 2.75) is 6.29 Å². The van der Waals surface area contributed by atoms with Gasteiger partial charge < -0.3 is 15.3 Å². The summed E-state index contributed by atoms with van der Waals surface area (Å²) in [5.41, 5.74) is 0. The number of aliphatic hydroxyl groups excluding tert-OH is 1. The van der Waals surface area contributed by atoms with Crippen molar-refractivity contribution in [3.05, 3.63) is 0 Å². The van der Waals surface area contributed by atoms with Crippen molar-refractivity contribution >= 4 is 23.3 Å². The third-order valence-electron chi connectivity index (χ3n) is 0.221. The van der Waals surface area contributed by atoms with Crippen molar-refractivity contribution < 1.29 is 20.1 Å². The molecule has 0 atom stereocenters. The Balaban J connectivity index is 0. The Hall–Kier alpha value is -0.0775. The summed E-state index contributed by atoms with van der Waals surface area (Å²) in [7, 11) is 0. The highest BCUT2D eigenvalue weighted by atomic mass is 27.0. The van der Waals surface area contributed by atoms with Crippen molar-refractivity contribution in [3.8, 4) is 0 Å². The van der Waals surface area contributed by atoms with Gasteiger partial charge >= 0.3 is 5.97 Å². The van der Waals surface area contributed by atoms with E-state index in [1.807, 2.05) is 0 Å². The average molecular weight is 122 g/mol. The van der Waals surface area contributed by atoms with Crippen molar-refractivity contribution in [3.63, 3.8) is 0 Å². The Kier molecular flexibility index (Phi) is 5.86. The molecule has 42 valence electrons. The fraction of sp³-hybridized carbons (Fsp3) is 0.500. The molecule has 5 heteroatoms. The van der Waals surface area contributed by atoms with Gasteiger partial charge in [-0.05, 0) is 0 Å². The van der Waals surface area contributed by atoms with Gasteiger partial charge in [0.25, 0.3) is 6.29 Å². The second-order valence-corrected chi connectivity index (χ2v) is 0.712. The molecule has 3 N–H and O–H groups in total. The monoisotopic (exact) mass is 122 g/mol. The first kappa shape index (κ1) is 10.0. The molecule has 0 aromatic carbocycles. The summed E-state index contributed by atoms with van der Waals surface area (Å²) in [6.07, 6.45) is -2.23. The van der Waals surface area contributed by atoms with Crippen LogP contribution in [-0.2, 0) is 4.79 Å². The van der Waals surface area contributed by atoms with Crippen LogP contribution in [0.4, 0.5) is 0 Å². The van der Waals surface area contributed by atoms with Gasteiger partial charge in [-0.25, -0.2) is 4.79 Å². The summed E-state index contributed by atoms with van der Waals surface area (Å²) in [6.45, 7) is 0. The Morgan fingerprint density at radius 2 is 1.57 bits per heavy atom. The maximum Gasteiger partial charge on any atom is 0.360 e. The first-order chi connectivity index (χ1) is 2.64. The third-order valence-corrected chi connectivity index (χ3v) is 0.221. The molecule has 0 saturated carbocycles. The molecule has 0 unspecified atom stereocenters. The molecular formula is C2H7AlO4. The van der Waals surface area contributed by atoms with Crippen LogP contribution >= 0.6 is 0 Å². The van der Waals surface area contributed by atoms with E-state index in [4.69, 9.17) is 15.3 Å². The maximum atomic E-state index is 9.20. The van der Waals surface area contributed by atoms with Crippen molar-refractivity contribution in [2.24, 2.45) is 0 Å². The first-order valence-corrected chi connectivity index (χ1v) is 1.23. The number of carbonyl (C=O) groups is 1. The molecule has 0 spiro atoms. The molecule has 0 aliphatic heterocycles. The highest BCUT2D eigenvalue weighted by molar-refractivity contribution is 5.75. The summed E-state index contributed by atoms with van der Waals surface area (Å²) in [5, 5.41) is 22.7. The van der Waals surface area contributed by atoms with E-state index in [1.165, 1.54) is 0 Å². The molecule has 0 rings (SSSR count). The largest absolute Gasteiger partial charge is 0.477 e. The zero-order valence-electron chi connectivity index (χ0n) is 2.83. The molecular weight excluding hydrogens is 115 g/mol. The van der Waals surface area contributed by atoms with Gasteiger partial charge in [-0.1, -0.05) is 0 Å². The van der Waals surface area contributed by atoms with Gasteiger partial charge in [-0.3, -0.25) is 0 Å². The summed E-state index contributed by atoms with van der Waals surface area (Å²) >= 11 is 0. The predicted octanol–water partition coefficient (Wildman–Crippen LogP) is -2.80. The minimum absolute atomic E-state index is 0. The van der Waals surface area contributed by atoms with E-state index in [-0.39, 0.29) is 17.4 Å². The Morgan fingerprint density at radius 1 is 1.43 bits per heavy atom. The van der Waals surface area contributed by atoms with Gasteiger partial charge in [0.05, 0.1) is 0 Å². The molecule has 0 fully saturated rings. The summed E-state index contributed by atoms with van der Waals surface area (Å²) in [5.74, 6) is -1.63. The Labute approximate surface area is 50.5 Å². The minimum atomic E-state index is -2.23. The van der Waals surface area contributed by atoms with Crippen LogP contribution in [-0.4, -0.2) is 44.9 Å². The standard InChI is InChI=1S/C2H4O4.Al.3H/c3-1(4)2(5)6;;;;/h1,3-4H,(H,5,6);;;;. The second kappa shape index (κ2) is 4.09. The lowest BCUT2D eigenvalue weighted by molar-refractivity contribution is -0.165. The topological polar surface area (TPSA) is 77.8 Å². The summed E-state index contributed by atoms with van der Waals surface area (Å²) in [6, 6.07) is 0.